The number of hydrogen-bond donors (Lipinski definition) is 1. The first-order valence-electron chi connectivity index (χ1n) is 8.30. The Bertz CT molecular complexity index is 877. The molecule has 0 fully saturated rings. The van der Waals surface area contributed by atoms with Crippen molar-refractivity contribution in [1.29, 1.82) is 0 Å². The summed E-state index contributed by atoms with van der Waals surface area (Å²) < 4.78 is 38.9. The Morgan fingerprint density at radius 3 is 2.80 bits per heavy atom. The largest absolute Gasteiger partial charge is 0.495 e. The molecule has 1 atom stereocenters. The number of ether oxygens (including phenoxy) is 2. The van der Waals surface area contributed by atoms with E-state index in [-0.39, 0.29) is 10.9 Å². The first-order valence-corrected chi connectivity index (χ1v) is 9.79. The van der Waals surface area contributed by atoms with Crippen LogP contribution in [0.4, 0.5) is 0 Å². The van der Waals surface area contributed by atoms with Gasteiger partial charge in [0, 0.05) is 12.5 Å². The van der Waals surface area contributed by atoms with Gasteiger partial charge in [0.05, 0.1) is 13.7 Å². The van der Waals surface area contributed by atoms with Crippen molar-refractivity contribution in [2.24, 2.45) is 0 Å². The van der Waals surface area contributed by atoms with E-state index in [9.17, 15) is 8.42 Å². The van der Waals surface area contributed by atoms with E-state index in [0.717, 1.165) is 23.3 Å². The maximum atomic E-state index is 12.7. The molecule has 2 aromatic rings. The molecular weight excluding hydrogens is 338 g/mol. The number of methoxy groups -OCH3 is 1. The van der Waals surface area contributed by atoms with Gasteiger partial charge in [0.1, 0.15) is 16.4 Å². The van der Waals surface area contributed by atoms with E-state index in [0.29, 0.717) is 18.8 Å². The average Bonchev–Trinajstić information content (AvgIpc) is 3.02. The van der Waals surface area contributed by atoms with Gasteiger partial charge in [-0.05, 0) is 55.2 Å². The van der Waals surface area contributed by atoms with Crippen molar-refractivity contribution in [1.82, 2.24) is 4.72 Å². The molecule has 0 amide bonds. The second kappa shape index (κ2) is 7.06. The van der Waals surface area contributed by atoms with Gasteiger partial charge in [-0.25, -0.2) is 13.1 Å². The third kappa shape index (κ3) is 3.96. The first kappa shape index (κ1) is 17.8. The molecule has 2 aromatic carbocycles. The Labute approximate surface area is 149 Å². The molecule has 25 heavy (non-hydrogen) atoms. The molecule has 0 saturated carbocycles. The van der Waals surface area contributed by atoms with Gasteiger partial charge in [-0.3, -0.25) is 0 Å². The number of fused-ring (bicyclic) bond motifs is 1. The number of nitrogens with one attached hydrogen (secondary N) is 1. The maximum absolute atomic E-state index is 12.7. The molecule has 1 aliphatic rings. The maximum Gasteiger partial charge on any atom is 0.244 e. The molecule has 0 aliphatic carbocycles. The van der Waals surface area contributed by atoms with Crippen molar-refractivity contribution in [3.05, 3.63) is 53.1 Å². The van der Waals surface area contributed by atoms with Crippen molar-refractivity contribution in [2.45, 2.75) is 37.6 Å². The van der Waals surface area contributed by atoms with E-state index in [1.54, 1.807) is 12.1 Å². The van der Waals surface area contributed by atoms with Gasteiger partial charge < -0.3 is 9.47 Å². The van der Waals surface area contributed by atoms with Crippen LogP contribution in [0.2, 0.25) is 0 Å². The van der Waals surface area contributed by atoms with Gasteiger partial charge >= 0.3 is 0 Å². The van der Waals surface area contributed by atoms with Crippen LogP contribution >= 0.6 is 0 Å². The standard InChI is InChI=1S/C19H23NO4S/c1-13-4-6-18(23-3)19(10-13)25(21,22)20-14(2)11-15-5-7-17-16(12-15)8-9-24-17/h4-7,10,12,14,20H,8-9,11H2,1-3H3. The zero-order valence-corrected chi connectivity index (χ0v) is 15.5. The van der Waals surface area contributed by atoms with Crippen LogP contribution in [0.5, 0.6) is 11.5 Å². The Morgan fingerprint density at radius 2 is 2.04 bits per heavy atom. The molecule has 0 radical (unpaired) electrons. The molecule has 1 N–H and O–H groups in total. The van der Waals surface area contributed by atoms with Gasteiger partial charge in [0.15, 0.2) is 0 Å². The number of hydrogen-bond acceptors (Lipinski definition) is 4. The van der Waals surface area contributed by atoms with Crippen LogP contribution in [-0.2, 0) is 22.9 Å². The molecule has 0 aromatic heterocycles. The van der Waals surface area contributed by atoms with Crippen LogP contribution in [0, 0.1) is 6.92 Å². The predicted molar refractivity (Wildman–Crippen MR) is 96.9 cm³/mol. The molecule has 0 saturated heterocycles. The summed E-state index contributed by atoms with van der Waals surface area (Å²) in [4.78, 5) is 0.171. The summed E-state index contributed by atoms with van der Waals surface area (Å²) in [7, 11) is -2.18. The molecule has 5 nitrogen and oxygen atoms in total. The van der Waals surface area contributed by atoms with Crippen LogP contribution in [0.25, 0.3) is 0 Å². The summed E-state index contributed by atoms with van der Waals surface area (Å²) in [6.45, 7) is 4.44. The van der Waals surface area contributed by atoms with Crippen LogP contribution in [0.1, 0.15) is 23.6 Å². The van der Waals surface area contributed by atoms with Gasteiger partial charge in [-0.1, -0.05) is 18.2 Å². The van der Waals surface area contributed by atoms with Crippen molar-refractivity contribution >= 4 is 10.0 Å². The van der Waals surface area contributed by atoms with E-state index in [1.807, 2.05) is 32.0 Å². The highest BCUT2D eigenvalue weighted by atomic mass is 32.2. The van der Waals surface area contributed by atoms with Gasteiger partial charge in [0.25, 0.3) is 0 Å². The number of aryl methyl sites for hydroxylation is 1. The minimum atomic E-state index is -3.66. The Kier molecular flexibility index (Phi) is 5.01. The summed E-state index contributed by atoms with van der Waals surface area (Å²) in [5.74, 6) is 1.28. The lowest BCUT2D eigenvalue weighted by Crippen LogP contribution is -2.34. The molecule has 1 unspecified atom stereocenters. The minimum Gasteiger partial charge on any atom is -0.495 e. The summed E-state index contributed by atoms with van der Waals surface area (Å²) in [6, 6.07) is 10.9. The Balaban J connectivity index is 1.75. The fraction of sp³-hybridized carbons (Fsp3) is 0.368. The fourth-order valence-electron chi connectivity index (χ4n) is 3.08. The zero-order valence-electron chi connectivity index (χ0n) is 14.7. The minimum absolute atomic E-state index is 0.171. The number of benzene rings is 2. The van der Waals surface area contributed by atoms with Crippen molar-refractivity contribution in [2.75, 3.05) is 13.7 Å². The normalized spacial score (nSPS) is 14.7. The molecule has 1 heterocycles. The van der Waals surface area contributed by atoms with Gasteiger partial charge in [-0.15, -0.1) is 0 Å². The number of rotatable bonds is 6. The van der Waals surface area contributed by atoms with Gasteiger partial charge in [-0.2, -0.15) is 0 Å². The van der Waals surface area contributed by atoms with Crippen molar-refractivity contribution < 1.29 is 17.9 Å². The molecular formula is C19H23NO4S. The lowest BCUT2D eigenvalue weighted by Gasteiger charge is -2.17. The van der Waals surface area contributed by atoms with E-state index in [2.05, 4.69) is 10.8 Å². The van der Waals surface area contributed by atoms with Crippen LogP contribution in [-0.4, -0.2) is 28.2 Å². The third-order valence-corrected chi connectivity index (χ3v) is 5.87. The monoisotopic (exact) mass is 361 g/mol. The molecule has 0 spiro atoms. The van der Waals surface area contributed by atoms with E-state index < -0.39 is 10.0 Å². The SMILES string of the molecule is COc1ccc(C)cc1S(=O)(=O)NC(C)Cc1ccc2c(c1)CCO2. The van der Waals surface area contributed by atoms with Crippen LogP contribution in [0.3, 0.4) is 0 Å². The lowest BCUT2D eigenvalue weighted by atomic mass is 10.0. The molecule has 1 aliphatic heterocycles. The van der Waals surface area contributed by atoms with E-state index in [1.165, 1.54) is 12.7 Å². The third-order valence-electron chi connectivity index (χ3n) is 4.26. The number of sulfonamides is 1. The summed E-state index contributed by atoms with van der Waals surface area (Å²) in [5.41, 5.74) is 3.15. The quantitative estimate of drug-likeness (QED) is 0.859. The van der Waals surface area contributed by atoms with Crippen molar-refractivity contribution in [3.8, 4) is 11.5 Å². The lowest BCUT2D eigenvalue weighted by molar-refractivity contribution is 0.357. The predicted octanol–water partition coefficient (Wildman–Crippen LogP) is 2.85. The molecule has 0 bridgehead atoms. The Hall–Kier alpha value is -2.05. The highest BCUT2D eigenvalue weighted by Gasteiger charge is 2.22. The van der Waals surface area contributed by atoms with Crippen molar-refractivity contribution in [3.63, 3.8) is 0 Å². The van der Waals surface area contributed by atoms with Crippen LogP contribution in [0.15, 0.2) is 41.3 Å². The smallest absolute Gasteiger partial charge is 0.244 e. The topological polar surface area (TPSA) is 64.6 Å². The van der Waals surface area contributed by atoms with E-state index in [4.69, 9.17) is 9.47 Å². The van der Waals surface area contributed by atoms with E-state index >= 15 is 0 Å². The summed E-state index contributed by atoms with van der Waals surface area (Å²) >= 11 is 0. The highest BCUT2D eigenvalue weighted by Crippen LogP contribution is 2.27. The summed E-state index contributed by atoms with van der Waals surface area (Å²) in [5, 5.41) is 0. The van der Waals surface area contributed by atoms with Gasteiger partial charge in [0.2, 0.25) is 10.0 Å². The first-order chi connectivity index (χ1) is 11.9. The second-order valence-electron chi connectivity index (χ2n) is 6.42. The Morgan fingerprint density at radius 1 is 1.24 bits per heavy atom. The zero-order chi connectivity index (χ0) is 18.0. The molecule has 3 rings (SSSR count). The highest BCUT2D eigenvalue weighted by molar-refractivity contribution is 7.89. The average molecular weight is 361 g/mol. The summed E-state index contributed by atoms with van der Waals surface area (Å²) in [6.07, 6.45) is 1.52. The molecule has 6 heteroatoms. The second-order valence-corrected chi connectivity index (χ2v) is 8.10. The molecule has 134 valence electrons. The van der Waals surface area contributed by atoms with Crippen LogP contribution < -0.4 is 14.2 Å². The fourth-order valence-corrected chi connectivity index (χ4v) is 4.58.